The number of rotatable bonds is 47. The highest BCUT2D eigenvalue weighted by atomic mass is 16.6. The zero-order valence-corrected chi connectivity index (χ0v) is 40.4. The van der Waals surface area contributed by atoms with Crippen LogP contribution in [0, 0.1) is 11.8 Å². The van der Waals surface area contributed by atoms with Crippen LogP contribution in [-0.4, -0.2) is 37.2 Å². The topological polar surface area (TPSA) is 78.9 Å². The van der Waals surface area contributed by atoms with Gasteiger partial charge < -0.3 is 14.2 Å². The third kappa shape index (κ3) is 47.3. The first-order valence-electron chi connectivity index (χ1n) is 26.2. The molecule has 1 atom stereocenters. The van der Waals surface area contributed by atoms with Gasteiger partial charge in [-0.1, -0.05) is 253 Å². The molecule has 0 spiro atoms. The van der Waals surface area contributed by atoms with Gasteiger partial charge in [-0.15, -0.1) is 0 Å². The minimum Gasteiger partial charge on any atom is -0.462 e. The number of esters is 3. The van der Waals surface area contributed by atoms with Crippen molar-refractivity contribution >= 4 is 17.9 Å². The fraction of sp³-hybridized carbons (Fsp3) is 0.943. The number of hydrogen-bond donors (Lipinski definition) is 0. The summed E-state index contributed by atoms with van der Waals surface area (Å²) in [5, 5.41) is 0. The van der Waals surface area contributed by atoms with Gasteiger partial charge in [0.05, 0.1) is 0 Å². The lowest BCUT2D eigenvalue weighted by Gasteiger charge is -2.18. The van der Waals surface area contributed by atoms with Crippen molar-refractivity contribution in [3.8, 4) is 0 Å². The van der Waals surface area contributed by atoms with Crippen molar-refractivity contribution in [2.75, 3.05) is 13.2 Å². The molecule has 0 saturated carbocycles. The molecule has 6 heteroatoms. The van der Waals surface area contributed by atoms with Gasteiger partial charge in [0.25, 0.3) is 0 Å². The number of ether oxygens (including phenoxy) is 3. The van der Waals surface area contributed by atoms with E-state index in [9.17, 15) is 14.4 Å². The molecule has 0 unspecified atom stereocenters. The molecule has 0 rings (SSSR count). The SMILES string of the molecule is CCCCCCCCCCCCCCCCCC(=O)OC[C@@H](COC(=O)CCCCCCCCCCC(C)C)OC(=O)CCCCCCCCCCCCCCC(C)C. The summed E-state index contributed by atoms with van der Waals surface area (Å²) >= 11 is 0. The molecule has 350 valence electrons. The summed E-state index contributed by atoms with van der Waals surface area (Å²) in [7, 11) is 0. The van der Waals surface area contributed by atoms with Crippen LogP contribution in [-0.2, 0) is 28.6 Å². The third-order valence-corrected chi connectivity index (χ3v) is 12.0. The van der Waals surface area contributed by atoms with E-state index >= 15 is 0 Å². The Balaban J connectivity index is 4.30. The van der Waals surface area contributed by atoms with Crippen molar-refractivity contribution in [2.45, 2.75) is 298 Å². The van der Waals surface area contributed by atoms with Gasteiger partial charge >= 0.3 is 17.9 Å². The van der Waals surface area contributed by atoms with E-state index in [4.69, 9.17) is 14.2 Å². The predicted molar refractivity (Wildman–Crippen MR) is 252 cm³/mol. The Kier molecular flexibility index (Phi) is 44.7. The lowest BCUT2D eigenvalue weighted by Crippen LogP contribution is -2.30. The fourth-order valence-electron chi connectivity index (χ4n) is 7.99. The van der Waals surface area contributed by atoms with Crippen LogP contribution >= 0.6 is 0 Å². The number of carbonyl (C=O) groups excluding carboxylic acids is 3. The molecule has 0 aromatic rings. The summed E-state index contributed by atoms with van der Waals surface area (Å²) < 4.78 is 16.8. The van der Waals surface area contributed by atoms with Gasteiger partial charge in [0.1, 0.15) is 13.2 Å². The minimum absolute atomic E-state index is 0.0638. The van der Waals surface area contributed by atoms with E-state index in [1.165, 1.54) is 180 Å². The van der Waals surface area contributed by atoms with E-state index in [1.54, 1.807) is 0 Å². The lowest BCUT2D eigenvalue weighted by molar-refractivity contribution is -0.167. The molecule has 0 N–H and O–H groups in total. The summed E-state index contributed by atoms with van der Waals surface area (Å²) in [4.78, 5) is 37.9. The molecule has 0 aliphatic rings. The van der Waals surface area contributed by atoms with Crippen molar-refractivity contribution < 1.29 is 28.6 Å². The number of carbonyl (C=O) groups is 3. The van der Waals surface area contributed by atoms with Gasteiger partial charge in [-0.05, 0) is 31.1 Å². The first-order valence-corrected chi connectivity index (χ1v) is 26.2. The summed E-state index contributed by atoms with van der Waals surface area (Å²) in [5.74, 6) is 0.780. The van der Waals surface area contributed by atoms with E-state index in [0.29, 0.717) is 19.3 Å². The Morgan fingerprint density at radius 3 is 0.831 bits per heavy atom. The quantitative estimate of drug-likeness (QED) is 0.0345. The number of unbranched alkanes of at least 4 members (excludes halogenated alkanes) is 32. The highest BCUT2D eigenvalue weighted by molar-refractivity contribution is 5.71. The van der Waals surface area contributed by atoms with E-state index in [1.807, 2.05) is 0 Å². The first kappa shape index (κ1) is 57.4. The normalized spacial score (nSPS) is 12.1. The van der Waals surface area contributed by atoms with E-state index < -0.39 is 6.10 Å². The second-order valence-electron chi connectivity index (χ2n) is 19.1. The summed E-state index contributed by atoms with van der Waals surface area (Å²) in [5.41, 5.74) is 0. The number of hydrogen-bond acceptors (Lipinski definition) is 6. The Labute approximate surface area is 368 Å². The highest BCUT2D eigenvalue weighted by Gasteiger charge is 2.19. The standard InChI is InChI=1S/C53H102O6/c1-6-7-8-9-10-11-12-13-14-15-19-22-28-33-38-43-51(54)57-46-50(47-58-52(55)44-39-34-29-25-24-27-32-37-42-49(4)5)59-53(56)45-40-35-30-23-20-17-16-18-21-26-31-36-41-48(2)3/h48-50H,6-47H2,1-5H3/t50-/m0/s1. The minimum atomic E-state index is -0.762. The van der Waals surface area contributed by atoms with Crippen molar-refractivity contribution in [3.63, 3.8) is 0 Å². The van der Waals surface area contributed by atoms with Gasteiger partial charge in [0.15, 0.2) is 6.10 Å². The Bertz CT molecular complexity index is 900. The smallest absolute Gasteiger partial charge is 0.306 e. The maximum Gasteiger partial charge on any atom is 0.306 e. The van der Waals surface area contributed by atoms with Gasteiger partial charge in [-0.25, -0.2) is 0 Å². The molecule has 0 aliphatic heterocycles. The summed E-state index contributed by atoms with van der Waals surface area (Å²) in [6, 6.07) is 0. The van der Waals surface area contributed by atoms with Gasteiger partial charge in [-0.2, -0.15) is 0 Å². The van der Waals surface area contributed by atoms with Crippen LogP contribution in [0.2, 0.25) is 0 Å². The van der Waals surface area contributed by atoms with Crippen LogP contribution in [0.3, 0.4) is 0 Å². The van der Waals surface area contributed by atoms with Crippen LogP contribution in [0.25, 0.3) is 0 Å². The van der Waals surface area contributed by atoms with Gasteiger partial charge in [-0.3, -0.25) is 14.4 Å². The van der Waals surface area contributed by atoms with E-state index in [2.05, 4.69) is 34.6 Å². The average Bonchev–Trinajstić information content (AvgIpc) is 3.20. The Morgan fingerprint density at radius 1 is 0.322 bits per heavy atom. The molecule has 0 radical (unpaired) electrons. The molecule has 59 heavy (non-hydrogen) atoms. The highest BCUT2D eigenvalue weighted by Crippen LogP contribution is 2.17. The molecule has 0 fully saturated rings. The Morgan fingerprint density at radius 2 is 0.559 bits per heavy atom. The maximum absolute atomic E-state index is 12.8. The maximum atomic E-state index is 12.8. The molecular formula is C53H102O6. The third-order valence-electron chi connectivity index (χ3n) is 12.0. The van der Waals surface area contributed by atoms with Crippen LogP contribution in [0.5, 0.6) is 0 Å². The van der Waals surface area contributed by atoms with Crippen LogP contribution in [0.15, 0.2) is 0 Å². The fourth-order valence-corrected chi connectivity index (χ4v) is 7.99. The first-order chi connectivity index (χ1) is 28.7. The monoisotopic (exact) mass is 835 g/mol. The molecule has 0 saturated heterocycles. The van der Waals surface area contributed by atoms with Crippen LogP contribution < -0.4 is 0 Å². The molecule has 0 aromatic carbocycles. The molecule has 6 nitrogen and oxygen atoms in total. The zero-order chi connectivity index (χ0) is 43.3. The summed E-state index contributed by atoms with van der Waals surface area (Å²) in [6.45, 7) is 11.3. The molecule has 0 amide bonds. The Hall–Kier alpha value is -1.59. The zero-order valence-electron chi connectivity index (χ0n) is 40.4. The van der Waals surface area contributed by atoms with Crippen LogP contribution in [0.4, 0.5) is 0 Å². The molecule has 0 aromatic heterocycles. The molecule has 0 aliphatic carbocycles. The van der Waals surface area contributed by atoms with E-state index in [0.717, 1.165) is 69.6 Å². The molecule has 0 bridgehead atoms. The summed E-state index contributed by atoms with van der Waals surface area (Å²) in [6.07, 6.45) is 46.6. The van der Waals surface area contributed by atoms with E-state index in [-0.39, 0.29) is 31.1 Å². The second kappa shape index (κ2) is 45.9. The molecule has 0 heterocycles. The van der Waals surface area contributed by atoms with Crippen molar-refractivity contribution in [3.05, 3.63) is 0 Å². The van der Waals surface area contributed by atoms with Gasteiger partial charge in [0.2, 0.25) is 0 Å². The largest absolute Gasteiger partial charge is 0.462 e. The predicted octanol–water partition coefficient (Wildman–Crippen LogP) is 16.9. The van der Waals surface area contributed by atoms with Crippen LogP contribution in [0.1, 0.15) is 291 Å². The lowest BCUT2D eigenvalue weighted by atomic mass is 10.0. The van der Waals surface area contributed by atoms with Crippen molar-refractivity contribution in [2.24, 2.45) is 11.8 Å². The average molecular weight is 835 g/mol. The van der Waals surface area contributed by atoms with Crippen molar-refractivity contribution in [1.82, 2.24) is 0 Å². The second-order valence-corrected chi connectivity index (χ2v) is 19.1. The van der Waals surface area contributed by atoms with Gasteiger partial charge in [0, 0.05) is 19.3 Å². The molecular weight excluding hydrogens is 733 g/mol. The van der Waals surface area contributed by atoms with Crippen molar-refractivity contribution in [1.29, 1.82) is 0 Å².